The third kappa shape index (κ3) is 5.11. The third-order valence-corrected chi connectivity index (χ3v) is 4.58. The minimum atomic E-state index is -0.636. The Hall–Kier alpha value is -2.78. The van der Waals surface area contributed by atoms with Gasteiger partial charge in [-0.3, -0.25) is 4.79 Å². The summed E-state index contributed by atoms with van der Waals surface area (Å²) in [6.07, 6.45) is -0.636. The predicted octanol–water partition coefficient (Wildman–Crippen LogP) is 5.32. The molecule has 0 unspecified atom stereocenters. The molecular weight excluding hydrogens is 358 g/mol. The molecule has 3 nitrogen and oxygen atoms in total. The van der Waals surface area contributed by atoms with Gasteiger partial charge in [-0.2, -0.15) is 0 Å². The van der Waals surface area contributed by atoms with Gasteiger partial charge in [0.15, 0.2) is 6.10 Å². The molecule has 3 aromatic carbocycles. The summed E-state index contributed by atoms with van der Waals surface area (Å²) in [4.78, 5) is 12.8. The number of aryl methyl sites for hydroxylation is 1. The Labute approximate surface area is 164 Å². The molecule has 3 aromatic rings. The summed E-state index contributed by atoms with van der Waals surface area (Å²) in [5, 5.41) is 3.74. The number of hydrogen-bond donors (Lipinski definition) is 1. The van der Waals surface area contributed by atoms with Crippen LogP contribution < -0.4 is 10.1 Å². The Bertz CT molecular complexity index is 877. The molecular formula is C23H22ClNO2. The van der Waals surface area contributed by atoms with Gasteiger partial charge in [-0.05, 0) is 49.2 Å². The van der Waals surface area contributed by atoms with Crippen LogP contribution in [0.25, 0.3) is 0 Å². The van der Waals surface area contributed by atoms with E-state index < -0.39 is 6.10 Å². The molecule has 27 heavy (non-hydrogen) atoms. The van der Waals surface area contributed by atoms with Gasteiger partial charge in [0.25, 0.3) is 5.91 Å². The van der Waals surface area contributed by atoms with Gasteiger partial charge in [0.05, 0.1) is 6.04 Å². The van der Waals surface area contributed by atoms with E-state index in [9.17, 15) is 4.79 Å². The average Bonchev–Trinajstić information content (AvgIpc) is 2.69. The van der Waals surface area contributed by atoms with E-state index in [1.54, 1.807) is 31.2 Å². The lowest BCUT2D eigenvalue weighted by Gasteiger charge is -2.23. The summed E-state index contributed by atoms with van der Waals surface area (Å²) in [6, 6.07) is 24.8. The van der Waals surface area contributed by atoms with Crippen molar-refractivity contribution in [2.24, 2.45) is 0 Å². The summed E-state index contributed by atoms with van der Waals surface area (Å²) in [5.41, 5.74) is 3.23. The van der Waals surface area contributed by atoms with E-state index in [2.05, 4.69) is 5.32 Å². The van der Waals surface area contributed by atoms with E-state index >= 15 is 0 Å². The molecule has 2 atom stereocenters. The van der Waals surface area contributed by atoms with Crippen molar-refractivity contribution in [2.75, 3.05) is 0 Å². The Morgan fingerprint density at radius 3 is 2.11 bits per heavy atom. The number of ether oxygens (including phenoxy) is 1. The zero-order chi connectivity index (χ0) is 19.2. The van der Waals surface area contributed by atoms with Crippen molar-refractivity contribution in [3.8, 4) is 5.75 Å². The van der Waals surface area contributed by atoms with Crippen molar-refractivity contribution in [2.45, 2.75) is 26.0 Å². The molecule has 0 spiro atoms. The molecule has 0 fully saturated rings. The fraction of sp³-hybridized carbons (Fsp3) is 0.174. The summed E-state index contributed by atoms with van der Waals surface area (Å²) in [5.74, 6) is 0.424. The fourth-order valence-corrected chi connectivity index (χ4v) is 2.92. The van der Waals surface area contributed by atoms with Gasteiger partial charge in [0.1, 0.15) is 5.75 Å². The lowest BCUT2D eigenvalue weighted by molar-refractivity contribution is -0.127. The Morgan fingerprint density at radius 2 is 1.48 bits per heavy atom. The van der Waals surface area contributed by atoms with E-state index in [-0.39, 0.29) is 11.9 Å². The first-order valence-corrected chi connectivity index (χ1v) is 9.25. The van der Waals surface area contributed by atoms with Gasteiger partial charge in [0.2, 0.25) is 0 Å². The van der Waals surface area contributed by atoms with Crippen LogP contribution in [0, 0.1) is 6.92 Å². The molecule has 0 aromatic heterocycles. The first-order chi connectivity index (χ1) is 13.0. The first kappa shape index (κ1) is 19.0. The Morgan fingerprint density at radius 1 is 0.889 bits per heavy atom. The normalized spacial score (nSPS) is 12.9. The van der Waals surface area contributed by atoms with Crippen molar-refractivity contribution in [3.63, 3.8) is 0 Å². The molecule has 0 saturated carbocycles. The van der Waals surface area contributed by atoms with Crippen molar-refractivity contribution < 1.29 is 9.53 Å². The number of rotatable bonds is 6. The summed E-state index contributed by atoms with van der Waals surface area (Å²) in [6.45, 7) is 3.78. The lowest BCUT2D eigenvalue weighted by Crippen LogP contribution is -2.39. The number of carbonyl (C=O) groups excluding carboxylic acids is 1. The molecule has 0 saturated heterocycles. The number of hydrogen-bond acceptors (Lipinski definition) is 2. The molecule has 0 bridgehead atoms. The number of benzene rings is 3. The minimum Gasteiger partial charge on any atom is -0.481 e. The van der Waals surface area contributed by atoms with Gasteiger partial charge < -0.3 is 10.1 Å². The fourth-order valence-electron chi connectivity index (χ4n) is 2.79. The second-order valence-electron chi connectivity index (χ2n) is 6.48. The number of carbonyl (C=O) groups is 1. The smallest absolute Gasteiger partial charge is 0.261 e. The van der Waals surface area contributed by atoms with Crippen LogP contribution in [0.3, 0.4) is 0 Å². The second-order valence-corrected chi connectivity index (χ2v) is 6.91. The molecule has 0 aliphatic rings. The van der Waals surface area contributed by atoms with Crippen LogP contribution in [0.15, 0.2) is 78.9 Å². The van der Waals surface area contributed by atoms with Gasteiger partial charge in [-0.25, -0.2) is 0 Å². The molecule has 0 heterocycles. The number of halogens is 1. The molecule has 138 valence electrons. The third-order valence-electron chi connectivity index (χ3n) is 4.33. The van der Waals surface area contributed by atoms with E-state index in [0.717, 1.165) is 11.1 Å². The maximum absolute atomic E-state index is 12.8. The standard InChI is InChI=1S/C23H22ClNO2/c1-16-8-10-19(11-9-16)22(18-6-4-3-5-7-18)25-23(26)17(2)27-21-14-12-20(24)13-15-21/h3-15,17,22H,1-2H3,(H,25,26)/t17-,22-/m1/s1. The van der Waals surface area contributed by atoms with Crippen LogP contribution in [-0.2, 0) is 4.79 Å². The maximum Gasteiger partial charge on any atom is 0.261 e. The highest BCUT2D eigenvalue weighted by atomic mass is 35.5. The minimum absolute atomic E-state index is 0.181. The van der Waals surface area contributed by atoms with Crippen molar-refractivity contribution >= 4 is 17.5 Å². The zero-order valence-corrected chi connectivity index (χ0v) is 16.1. The molecule has 0 aliphatic carbocycles. The number of nitrogens with one attached hydrogen (secondary N) is 1. The van der Waals surface area contributed by atoms with Crippen molar-refractivity contribution in [3.05, 3.63) is 101 Å². The first-order valence-electron chi connectivity index (χ1n) is 8.87. The highest BCUT2D eigenvalue weighted by Crippen LogP contribution is 2.23. The number of amides is 1. The monoisotopic (exact) mass is 379 g/mol. The van der Waals surface area contributed by atoms with E-state index in [0.29, 0.717) is 10.8 Å². The highest BCUT2D eigenvalue weighted by Gasteiger charge is 2.21. The van der Waals surface area contributed by atoms with Crippen LogP contribution >= 0.6 is 11.6 Å². The second kappa shape index (κ2) is 8.74. The largest absolute Gasteiger partial charge is 0.481 e. The summed E-state index contributed by atoms with van der Waals surface area (Å²) >= 11 is 5.89. The van der Waals surface area contributed by atoms with E-state index in [1.807, 2.05) is 61.5 Å². The van der Waals surface area contributed by atoms with Crippen molar-refractivity contribution in [1.82, 2.24) is 5.32 Å². The van der Waals surface area contributed by atoms with Gasteiger partial charge >= 0.3 is 0 Å². The predicted molar refractivity (Wildman–Crippen MR) is 109 cm³/mol. The van der Waals surface area contributed by atoms with Gasteiger partial charge in [0, 0.05) is 5.02 Å². The van der Waals surface area contributed by atoms with Crippen LogP contribution in [0.5, 0.6) is 5.75 Å². The quantitative estimate of drug-likeness (QED) is 0.629. The van der Waals surface area contributed by atoms with Gasteiger partial charge in [-0.15, -0.1) is 0 Å². The summed E-state index contributed by atoms with van der Waals surface area (Å²) in [7, 11) is 0. The molecule has 0 radical (unpaired) electrons. The van der Waals surface area contributed by atoms with Crippen LogP contribution in [0.1, 0.15) is 29.7 Å². The zero-order valence-electron chi connectivity index (χ0n) is 15.4. The lowest BCUT2D eigenvalue weighted by atomic mass is 9.97. The molecule has 4 heteroatoms. The van der Waals surface area contributed by atoms with Crippen molar-refractivity contribution in [1.29, 1.82) is 0 Å². The Balaban J connectivity index is 1.77. The van der Waals surface area contributed by atoms with E-state index in [1.165, 1.54) is 5.56 Å². The molecule has 1 N–H and O–H groups in total. The maximum atomic E-state index is 12.8. The molecule has 3 rings (SSSR count). The molecule has 0 aliphatic heterocycles. The van der Waals surface area contributed by atoms with Gasteiger partial charge in [-0.1, -0.05) is 71.8 Å². The van der Waals surface area contributed by atoms with Crippen LogP contribution in [-0.4, -0.2) is 12.0 Å². The van der Waals surface area contributed by atoms with E-state index in [4.69, 9.17) is 16.3 Å². The average molecular weight is 380 g/mol. The van der Waals surface area contributed by atoms with Crippen LogP contribution in [0.4, 0.5) is 0 Å². The Kier molecular flexibility index (Phi) is 6.15. The summed E-state index contributed by atoms with van der Waals surface area (Å²) < 4.78 is 5.75. The van der Waals surface area contributed by atoms with Crippen LogP contribution in [0.2, 0.25) is 5.02 Å². The molecule has 1 amide bonds. The topological polar surface area (TPSA) is 38.3 Å². The SMILES string of the molecule is Cc1ccc([C@H](NC(=O)[C@@H](C)Oc2ccc(Cl)cc2)c2ccccc2)cc1. The highest BCUT2D eigenvalue weighted by molar-refractivity contribution is 6.30.